The largest absolute Gasteiger partial charge is 0.334 e. The number of unbranched alkanes of at least 4 members (excludes halogenated alkanes) is 2. The fourth-order valence-corrected chi connectivity index (χ4v) is 1.20. The maximum absolute atomic E-state index is 10.9. The molecule has 2 nitrogen and oxygen atoms in total. The molecule has 0 aromatic rings. The molecule has 0 bridgehead atoms. The van der Waals surface area contributed by atoms with Crippen molar-refractivity contribution in [3.8, 4) is 0 Å². The van der Waals surface area contributed by atoms with Gasteiger partial charge in [-0.15, -0.1) is 0 Å². The summed E-state index contributed by atoms with van der Waals surface area (Å²) in [5, 5.41) is -0.0862. The first kappa shape index (κ1) is 15.8. The molecule has 0 spiro atoms. The molecular formula is C9H19FeNOS. The van der Waals surface area contributed by atoms with Gasteiger partial charge in [0.1, 0.15) is 0 Å². The molecule has 0 heterocycles. The summed E-state index contributed by atoms with van der Waals surface area (Å²) in [5.74, 6) is 0. The smallest absolute Gasteiger partial charge is 0.278 e. The Hall–Kier alpha value is 0.339. The molecule has 1 amide bonds. The van der Waals surface area contributed by atoms with E-state index in [0.717, 1.165) is 38.8 Å². The summed E-state index contributed by atoms with van der Waals surface area (Å²) >= 11 is 3.83. The number of carbonyl (C=O) groups excluding carboxylic acids is 1. The molecule has 0 aliphatic heterocycles. The van der Waals surface area contributed by atoms with Gasteiger partial charge in [-0.25, -0.2) is 0 Å². The van der Waals surface area contributed by atoms with Crippen molar-refractivity contribution < 1.29 is 21.9 Å². The summed E-state index contributed by atoms with van der Waals surface area (Å²) in [6.07, 6.45) is 4.42. The van der Waals surface area contributed by atoms with Gasteiger partial charge in [-0.2, -0.15) is 0 Å². The van der Waals surface area contributed by atoms with Gasteiger partial charge in [0.25, 0.3) is 5.24 Å². The first-order valence-electron chi connectivity index (χ1n) is 4.70. The van der Waals surface area contributed by atoms with E-state index in [1.165, 1.54) is 0 Å². The maximum Gasteiger partial charge on any atom is 0.278 e. The second-order valence-corrected chi connectivity index (χ2v) is 3.36. The molecule has 0 aliphatic carbocycles. The summed E-state index contributed by atoms with van der Waals surface area (Å²) < 4.78 is 0. The summed E-state index contributed by atoms with van der Waals surface area (Å²) in [4.78, 5) is 12.8. The van der Waals surface area contributed by atoms with Crippen LogP contribution in [0.1, 0.15) is 39.5 Å². The Bertz CT molecular complexity index is 125. The van der Waals surface area contributed by atoms with Crippen molar-refractivity contribution in [2.75, 3.05) is 13.1 Å². The SMILES string of the molecule is CCCCN(CCCC)C(=O)S.[Fe]. The molecule has 80 valence electrons. The molecule has 0 N–H and O–H groups in total. The van der Waals surface area contributed by atoms with Gasteiger partial charge in [-0.05, 0) is 12.8 Å². The van der Waals surface area contributed by atoms with Gasteiger partial charge in [-0.1, -0.05) is 39.3 Å². The Morgan fingerprint density at radius 2 is 1.54 bits per heavy atom. The molecule has 0 rings (SSSR count). The van der Waals surface area contributed by atoms with E-state index in [9.17, 15) is 4.79 Å². The van der Waals surface area contributed by atoms with Crippen LogP contribution in [0.15, 0.2) is 0 Å². The molecular weight excluding hydrogens is 226 g/mol. The van der Waals surface area contributed by atoms with Crippen molar-refractivity contribution in [3.63, 3.8) is 0 Å². The number of hydrogen-bond donors (Lipinski definition) is 1. The molecule has 4 heteroatoms. The first-order valence-corrected chi connectivity index (χ1v) is 5.15. The molecule has 0 fully saturated rings. The van der Waals surface area contributed by atoms with Crippen LogP contribution < -0.4 is 0 Å². The summed E-state index contributed by atoms with van der Waals surface area (Å²) in [6, 6.07) is 0. The van der Waals surface area contributed by atoms with Crippen LogP contribution in [0.3, 0.4) is 0 Å². The van der Waals surface area contributed by atoms with Gasteiger partial charge in [0, 0.05) is 30.2 Å². The number of amides is 1. The van der Waals surface area contributed by atoms with Crippen molar-refractivity contribution in [3.05, 3.63) is 0 Å². The number of nitrogens with zero attached hydrogens (tertiary/aromatic N) is 1. The summed E-state index contributed by atoms with van der Waals surface area (Å²) in [7, 11) is 0. The van der Waals surface area contributed by atoms with Crippen molar-refractivity contribution in [2.24, 2.45) is 0 Å². The molecule has 0 radical (unpaired) electrons. The Morgan fingerprint density at radius 3 is 1.77 bits per heavy atom. The van der Waals surface area contributed by atoms with E-state index >= 15 is 0 Å². The van der Waals surface area contributed by atoms with Gasteiger partial charge in [-0.3, -0.25) is 4.79 Å². The monoisotopic (exact) mass is 245 g/mol. The third kappa shape index (κ3) is 8.66. The van der Waals surface area contributed by atoms with E-state index in [0.29, 0.717) is 0 Å². The van der Waals surface area contributed by atoms with Crippen LogP contribution in [0.25, 0.3) is 0 Å². The number of thiol groups is 1. The topological polar surface area (TPSA) is 20.3 Å². The van der Waals surface area contributed by atoms with Crippen LogP contribution in [-0.4, -0.2) is 23.2 Å². The van der Waals surface area contributed by atoms with Gasteiger partial charge in [0.15, 0.2) is 0 Å². The summed E-state index contributed by atoms with van der Waals surface area (Å²) in [6.45, 7) is 5.97. The zero-order valence-corrected chi connectivity index (χ0v) is 10.4. The van der Waals surface area contributed by atoms with Crippen LogP contribution in [0.2, 0.25) is 0 Å². The van der Waals surface area contributed by atoms with Crippen molar-refractivity contribution in [2.45, 2.75) is 39.5 Å². The Balaban J connectivity index is 0. The molecule has 0 aliphatic rings. The van der Waals surface area contributed by atoms with Gasteiger partial charge in [0.2, 0.25) is 0 Å². The maximum atomic E-state index is 10.9. The van der Waals surface area contributed by atoms with Crippen LogP contribution in [0.5, 0.6) is 0 Å². The number of carbonyl (C=O) groups is 1. The van der Waals surface area contributed by atoms with E-state index in [4.69, 9.17) is 0 Å². The minimum atomic E-state index is -0.0862. The van der Waals surface area contributed by atoms with Crippen molar-refractivity contribution in [1.29, 1.82) is 0 Å². The van der Waals surface area contributed by atoms with E-state index in [-0.39, 0.29) is 22.3 Å². The standard InChI is InChI=1S/C9H19NOS.Fe/c1-3-5-7-10(9(11)12)8-6-4-2;/h3-8H2,1-2H3,(H,11,12);. The third-order valence-electron chi connectivity index (χ3n) is 1.83. The predicted octanol–water partition coefficient (Wildman–Crippen LogP) is 2.94. The molecule has 0 saturated carbocycles. The third-order valence-corrected chi connectivity index (χ3v) is 2.12. The minimum Gasteiger partial charge on any atom is -0.334 e. The molecule has 0 aromatic carbocycles. The normalized spacial score (nSPS) is 9.15. The Morgan fingerprint density at radius 1 is 1.15 bits per heavy atom. The molecule has 0 aromatic heterocycles. The molecule has 0 unspecified atom stereocenters. The van der Waals surface area contributed by atoms with Gasteiger partial charge >= 0.3 is 0 Å². The van der Waals surface area contributed by atoms with Crippen molar-refractivity contribution >= 4 is 17.9 Å². The van der Waals surface area contributed by atoms with E-state index < -0.39 is 0 Å². The van der Waals surface area contributed by atoms with Crippen LogP contribution in [0.4, 0.5) is 4.79 Å². The van der Waals surface area contributed by atoms with Crippen molar-refractivity contribution in [1.82, 2.24) is 4.90 Å². The second-order valence-electron chi connectivity index (χ2n) is 2.98. The predicted molar refractivity (Wildman–Crippen MR) is 55.8 cm³/mol. The molecule has 13 heavy (non-hydrogen) atoms. The fourth-order valence-electron chi connectivity index (χ4n) is 1.00. The van der Waals surface area contributed by atoms with Gasteiger partial charge in [0.05, 0.1) is 0 Å². The fraction of sp³-hybridized carbons (Fsp3) is 0.889. The second kappa shape index (κ2) is 10.4. The average Bonchev–Trinajstić information content (AvgIpc) is 2.04. The molecule has 0 atom stereocenters. The zero-order valence-electron chi connectivity index (χ0n) is 8.40. The van der Waals surface area contributed by atoms with E-state index in [1.807, 2.05) is 4.90 Å². The quantitative estimate of drug-likeness (QED) is 0.563. The first-order chi connectivity index (χ1) is 5.72. The van der Waals surface area contributed by atoms with E-state index in [2.05, 4.69) is 26.5 Å². The van der Waals surface area contributed by atoms with Crippen LogP contribution in [0, 0.1) is 0 Å². The molecule has 0 saturated heterocycles. The average molecular weight is 245 g/mol. The Labute approximate surface area is 97.3 Å². The number of rotatable bonds is 6. The van der Waals surface area contributed by atoms with Crippen LogP contribution >= 0.6 is 12.6 Å². The number of hydrogen-bond acceptors (Lipinski definition) is 1. The zero-order chi connectivity index (χ0) is 9.40. The Kier molecular flexibility index (Phi) is 12.7. The van der Waals surface area contributed by atoms with Gasteiger partial charge < -0.3 is 4.90 Å². The summed E-state index contributed by atoms with van der Waals surface area (Å²) in [5.41, 5.74) is 0. The van der Waals surface area contributed by atoms with Crippen LogP contribution in [-0.2, 0) is 17.1 Å². The minimum absolute atomic E-state index is 0. The van der Waals surface area contributed by atoms with E-state index in [1.54, 1.807) is 0 Å².